The van der Waals surface area contributed by atoms with E-state index in [1.165, 1.54) is 0 Å². The van der Waals surface area contributed by atoms with Gasteiger partial charge in [-0.2, -0.15) is 11.8 Å². The molecule has 0 spiro atoms. The Balaban J connectivity index is 2.05. The monoisotopic (exact) mass is 244 g/mol. The van der Waals surface area contributed by atoms with E-state index in [0.29, 0.717) is 18.5 Å². The number of carbonyl (C=O) groups is 1. The number of thioether (sulfide) groups is 1. The average molecular weight is 244 g/mol. The molecule has 0 aromatic heterocycles. The Kier molecular flexibility index (Phi) is 6.88. The molecule has 0 radical (unpaired) electrons. The lowest BCUT2D eigenvalue weighted by atomic mass is 9.92. The first-order valence-corrected chi connectivity index (χ1v) is 7.65. The van der Waals surface area contributed by atoms with Crippen molar-refractivity contribution in [3.63, 3.8) is 0 Å². The molecule has 0 saturated heterocycles. The third kappa shape index (κ3) is 5.75. The molecule has 3 N–H and O–H groups in total. The number of nitrogens with two attached hydrogens (primary N) is 1. The standard InChI is InChI=1S/C12H24N2OS/c1-16-9-3-2-4-12(15)14-11-7-5-10(13)6-8-11/h10-11H,2-9,13H2,1H3,(H,14,15). The second-order valence-corrected chi connectivity index (χ2v) is 5.61. The van der Waals surface area contributed by atoms with Gasteiger partial charge in [-0.05, 0) is 50.5 Å². The maximum atomic E-state index is 11.6. The van der Waals surface area contributed by atoms with Gasteiger partial charge in [0.2, 0.25) is 5.91 Å². The minimum atomic E-state index is 0.224. The Morgan fingerprint density at radius 2 is 2.00 bits per heavy atom. The molecule has 0 heterocycles. The Bertz CT molecular complexity index is 203. The predicted octanol–water partition coefficient (Wildman–Crippen LogP) is 1.91. The zero-order chi connectivity index (χ0) is 11.8. The molecule has 1 fully saturated rings. The molecule has 1 aliphatic carbocycles. The van der Waals surface area contributed by atoms with Crippen LogP contribution in [0, 0.1) is 0 Å². The second-order valence-electron chi connectivity index (χ2n) is 4.63. The summed E-state index contributed by atoms with van der Waals surface area (Å²) in [4.78, 5) is 11.6. The summed E-state index contributed by atoms with van der Waals surface area (Å²) in [5.74, 6) is 1.38. The SMILES string of the molecule is CSCCCCC(=O)NC1CCC(N)CC1. The van der Waals surface area contributed by atoms with E-state index in [2.05, 4.69) is 11.6 Å². The van der Waals surface area contributed by atoms with Crippen molar-refractivity contribution in [3.8, 4) is 0 Å². The molecule has 0 aliphatic heterocycles. The second kappa shape index (κ2) is 7.96. The lowest BCUT2D eigenvalue weighted by molar-refractivity contribution is -0.122. The first-order chi connectivity index (χ1) is 7.72. The van der Waals surface area contributed by atoms with Crippen molar-refractivity contribution in [2.24, 2.45) is 5.73 Å². The van der Waals surface area contributed by atoms with Crippen molar-refractivity contribution in [1.29, 1.82) is 0 Å². The maximum absolute atomic E-state index is 11.6. The largest absolute Gasteiger partial charge is 0.353 e. The van der Waals surface area contributed by atoms with Crippen LogP contribution in [0.15, 0.2) is 0 Å². The van der Waals surface area contributed by atoms with Crippen LogP contribution in [0.5, 0.6) is 0 Å². The van der Waals surface area contributed by atoms with Gasteiger partial charge in [-0.25, -0.2) is 0 Å². The van der Waals surface area contributed by atoms with Crippen molar-refractivity contribution >= 4 is 17.7 Å². The van der Waals surface area contributed by atoms with E-state index in [-0.39, 0.29) is 5.91 Å². The summed E-state index contributed by atoms with van der Waals surface area (Å²) in [6.07, 6.45) is 9.15. The molecule has 0 aromatic carbocycles. The van der Waals surface area contributed by atoms with Crippen LogP contribution in [0.4, 0.5) is 0 Å². The number of hydrogen-bond donors (Lipinski definition) is 2. The van der Waals surface area contributed by atoms with Gasteiger partial charge in [-0.3, -0.25) is 4.79 Å². The highest BCUT2D eigenvalue weighted by molar-refractivity contribution is 7.98. The van der Waals surface area contributed by atoms with Crippen LogP contribution in [0.1, 0.15) is 44.9 Å². The zero-order valence-electron chi connectivity index (χ0n) is 10.2. The highest BCUT2D eigenvalue weighted by Gasteiger charge is 2.19. The molecule has 16 heavy (non-hydrogen) atoms. The summed E-state index contributed by atoms with van der Waals surface area (Å²) in [5, 5.41) is 3.12. The van der Waals surface area contributed by atoms with Crippen LogP contribution >= 0.6 is 11.8 Å². The number of unbranched alkanes of at least 4 members (excludes halogenated alkanes) is 1. The number of rotatable bonds is 6. The van der Waals surface area contributed by atoms with Gasteiger partial charge in [0.15, 0.2) is 0 Å². The Labute approximate surface area is 103 Å². The Morgan fingerprint density at radius 1 is 1.31 bits per heavy atom. The lowest BCUT2D eigenvalue weighted by Gasteiger charge is -2.26. The highest BCUT2D eigenvalue weighted by Crippen LogP contribution is 2.17. The summed E-state index contributed by atoms with van der Waals surface area (Å²) in [6.45, 7) is 0. The molecule has 0 atom stereocenters. The van der Waals surface area contributed by atoms with Crippen molar-refractivity contribution in [1.82, 2.24) is 5.32 Å². The van der Waals surface area contributed by atoms with E-state index in [0.717, 1.165) is 44.3 Å². The van der Waals surface area contributed by atoms with Crippen LogP contribution in [-0.4, -0.2) is 30.0 Å². The van der Waals surface area contributed by atoms with Crippen LogP contribution in [0.3, 0.4) is 0 Å². The fourth-order valence-corrected chi connectivity index (χ4v) is 2.59. The molecule has 0 aromatic rings. The number of nitrogens with one attached hydrogen (secondary N) is 1. The summed E-state index contributed by atoms with van der Waals surface area (Å²) in [6, 6.07) is 0.739. The van der Waals surface area contributed by atoms with Gasteiger partial charge in [0.25, 0.3) is 0 Å². The van der Waals surface area contributed by atoms with Gasteiger partial charge in [0, 0.05) is 18.5 Å². The first-order valence-electron chi connectivity index (χ1n) is 6.26. The topological polar surface area (TPSA) is 55.1 Å². The lowest BCUT2D eigenvalue weighted by Crippen LogP contribution is -2.40. The molecule has 1 rings (SSSR count). The van der Waals surface area contributed by atoms with E-state index in [1.54, 1.807) is 0 Å². The fourth-order valence-electron chi connectivity index (χ4n) is 2.10. The summed E-state index contributed by atoms with van der Waals surface area (Å²) in [7, 11) is 0. The maximum Gasteiger partial charge on any atom is 0.220 e. The van der Waals surface area contributed by atoms with Crippen LogP contribution in [-0.2, 0) is 4.79 Å². The van der Waals surface area contributed by atoms with Crippen LogP contribution in [0.2, 0.25) is 0 Å². The third-order valence-electron chi connectivity index (χ3n) is 3.14. The minimum absolute atomic E-state index is 0.224. The number of carbonyl (C=O) groups excluding carboxylic acids is 1. The summed E-state index contributed by atoms with van der Waals surface area (Å²) in [5.41, 5.74) is 5.83. The molecule has 94 valence electrons. The molecule has 1 aliphatic rings. The minimum Gasteiger partial charge on any atom is -0.353 e. The number of hydrogen-bond acceptors (Lipinski definition) is 3. The number of amides is 1. The van der Waals surface area contributed by atoms with E-state index >= 15 is 0 Å². The summed E-state index contributed by atoms with van der Waals surface area (Å²) >= 11 is 1.84. The third-order valence-corrected chi connectivity index (χ3v) is 3.84. The molecule has 1 amide bonds. The fraction of sp³-hybridized carbons (Fsp3) is 0.917. The molecule has 0 bridgehead atoms. The van der Waals surface area contributed by atoms with Crippen molar-refractivity contribution in [2.45, 2.75) is 57.0 Å². The Morgan fingerprint density at radius 3 is 2.62 bits per heavy atom. The summed E-state index contributed by atoms with van der Waals surface area (Å²) < 4.78 is 0. The molecule has 4 heteroatoms. The predicted molar refractivity (Wildman–Crippen MR) is 70.6 cm³/mol. The average Bonchev–Trinajstić information content (AvgIpc) is 2.28. The van der Waals surface area contributed by atoms with E-state index in [1.807, 2.05) is 11.8 Å². The van der Waals surface area contributed by atoms with Gasteiger partial charge in [-0.1, -0.05) is 0 Å². The highest BCUT2D eigenvalue weighted by atomic mass is 32.2. The normalized spacial score (nSPS) is 25.4. The smallest absolute Gasteiger partial charge is 0.220 e. The van der Waals surface area contributed by atoms with E-state index in [4.69, 9.17) is 5.73 Å². The molecule has 3 nitrogen and oxygen atoms in total. The first kappa shape index (κ1) is 13.8. The zero-order valence-corrected chi connectivity index (χ0v) is 11.0. The van der Waals surface area contributed by atoms with Crippen LogP contribution < -0.4 is 11.1 Å². The quantitative estimate of drug-likeness (QED) is 0.702. The molecular weight excluding hydrogens is 220 g/mol. The van der Waals surface area contributed by atoms with Crippen molar-refractivity contribution in [2.75, 3.05) is 12.0 Å². The Hall–Kier alpha value is -0.220. The van der Waals surface area contributed by atoms with E-state index in [9.17, 15) is 4.79 Å². The van der Waals surface area contributed by atoms with Gasteiger partial charge in [0.05, 0.1) is 0 Å². The molecule has 1 saturated carbocycles. The van der Waals surface area contributed by atoms with E-state index < -0.39 is 0 Å². The van der Waals surface area contributed by atoms with Gasteiger partial charge in [-0.15, -0.1) is 0 Å². The van der Waals surface area contributed by atoms with Crippen molar-refractivity contribution < 1.29 is 4.79 Å². The van der Waals surface area contributed by atoms with Crippen molar-refractivity contribution in [3.05, 3.63) is 0 Å². The molecular formula is C12H24N2OS. The van der Waals surface area contributed by atoms with Crippen LogP contribution in [0.25, 0.3) is 0 Å². The van der Waals surface area contributed by atoms with Gasteiger partial charge < -0.3 is 11.1 Å². The van der Waals surface area contributed by atoms with Gasteiger partial charge in [0.1, 0.15) is 0 Å². The molecule has 0 unspecified atom stereocenters. The van der Waals surface area contributed by atoms with Gasteiger partial charge >= 0.3 is 0 Å².